The van der Waals surface area contributed by atoms with Crippen molar-refractivity contribution in [2.45, 2.75) is 133 Å². The van der Waals surface area contributed by atoms with Crippen molar-refractivity contribution in [3.8, 4) is 11.8 Å². The molecule has 1 aromatic heterocycles. The first-order chi connectivity index (χ1) is 27.6. The highest BCUT2D eigenvalue weighted by Crippen LogP contribution is 2.48. The van der Waals surface area contributed by atoms with Gasteiger partial charge in [0.15, 0.2) is 0 Å². The minimum atomic E-state index is -5.10. The number of carbonyl (C=O) groups excluding carboxylic acids is 3. The Kier molecular flexibility index (Phi) is 11.9. The summed E-state index contributed by atoms with van der Waals surface area (Å²) < 4.78 is 83.8. The van der Waals surface area contributed by atoms with Crippen LogP contribution in [0.5, 0.6) is 11.8 Å². The van der Waals surface area contributed by atoms with Crippen LogP contribution in [0.4, 0.5) is 18.0 Å². The number of allylic oxidation sites excluding steroid dienone is 1. The average molecular weight is 851 g/mol. The Bertz CT molecular complexity index is 2110. The van der Waals surface area contributed by atoms with Gasteiger partial charge in [0.05, 0.1) is 28.7 Å². The van der Waals surface area contributed by atoms with Gasteiger partial charge in [0.25, 0.3) is 5.91 Å². The second-order valence-electron chi connectivity index (χ2n) is 17.1. The molecular formula is C40H53F3N6O9S. The molecule has 2 aromatic rings. The topological polar surface area (TPSA) is 197 Å². The number of hydrogen-bond acceptors (Lipinski definition) is 10. The zero-order valence-corrected chi connectivity index (χ0v) is 34.9. The van der Waals surface area contributed by atoms with Gasteiger partial charge in [-0.05, 0) is 90.2 Å². The predicted molar refractivity (Wildman–Crippen MR) is 209 cm³/mol. The molecule has 4 amide bonds. The third kappa shape index (κ3) is 8.40. The van der Waals surface area contributed by atoms with Crippen LogP contribution in [-0.2, 0) is 24.4 Å². The number of fused-ring (bicyclic) bond motifs is 3. The van der Waals surface area contributed by atoms with Gasteiger partial charge >= 0.3 is 12.3 Å². The van der Waals surface area contributed by atoms with Gasteiger partial charge < -0.3 is 24.8 Å². The summed E-state index contributed by atoms with van der Waals surface area (Å²) in [6.45, 7) is 8.16. The molecule has 324 valence electrons. The zero-order valence-electron chi connectivity index (χ0n) is 34.0. The number of carbonyl (C=O) groups is 4. The van der Waals surface area contributed by atoms with Gasteiger partial charge in [-0.15, -0.1) is 10.2 Å². The number of hydrogen-bond donors (Lipinski definition) is 3. The van der Waals surface area contributed by atoms with Gasteiger partial charge in [-0.3, -0.25) is 24.0 Å². The third-order valence-electron chi connectivity index (χ3n) is 12.5. The molecule has 3 heterocycles. The van der Waals surface area contributed by atoms with Crippen molar-refractivity contribution >= 4 is 44.6 Å². The van der Waals surface area contributed by atoms with Crippen LogP contribution in [0.2, 0.25) is 0 Å². The van der Waals surface area contributed by atoms with Crippen LogP contribution < -0.4 is 19.5 Å². The number of ether oxygens (including phenoxy) is 2. The Hall–Kier alpha value is -4.68. The van der Waals surface area contributed by atoms with Crippen molar-refractivity contribution in [1.82, 2.24) is 30.0 Å². The molecule has 59 heavy (non-hydrogen) atoms. The molecule has 1 saturated heterocycles. The van der Waals surface area contributed by atoms with Crippen LogP contribution >= 0.6 is 0 Å². The van der Waals surface area contributed by atoms with E-state index in [-0.39, 0.29) is 54.8 Å². The van der Waals surface area contributed by atoms with E-state index in [9.17, 15) is 41.1 Å². The van der Waals surface area contributed by atoms with Crippen molar-refractivity contribution < 1.29 is 55.3 Å². The SMILES string of the molecule is CCOc1nnc(O[C@@H]2C[C@H]3C(=O)N[C@]4(C(=O)NS(=O)(=O)C5(C)CC5)C[C@H]4C=CCC[C@H](C)C[C@@H](CC)[C@H](N(C(=O)O)C(C)(C)C(F)(F)F)C(=O)N3C2)c2ccccc12. The lowest BCUT2D eigenvalue weighted by Gasteiger charge is -2.46. The molecule has 2 saturated carbocycles. The Morgan fingerprint density at radius 3 is 2.32 bits per heavy atom. The lowest BCUT2D eigenvalue weighted by atomic mass is 9.82. The van der Waals surface area contributed by atoms with Crippen molar-refractivity contribution in [3.05, 3.63) is 36.4 Å². The highest BCUT2D eigenvalue weighted by molar-refractivity contribution is 7.91. The maximum absolute atomic E-state index is 15.1. The van der Waals surface area contributed by atoms with E-state index in [1.165, 1.54) is 6.92 Å². The molecule has 2 aliphatic heterocycles. The molecule has 19 heteroatoms. The van der Waals surface area contributed by atoms with E-state index >= 15 is 4.79 Å². The number of carboxylic acid groups (broad SMARTS) is 1. The first-order valence-electron chi connectivity index (χ1n) is 20.1. The minimum Gasteiger partial charge on any atom is -0.476 e. The normalized spacial score (nSPS) is 28.7. The van der Waals surface area contributed by atoms with Crippen molar-refractivity contribution in [2.75, 3.05) is 13.2 Å². The summed E-state index contributed by atoms with van der Waals surface area (Å²) in [5.41, 5.74) is -4.77. The first kappa shape index (κ1) is 43.9. The summed E-state index contributed by atoms with van der Waals surface area (Å²) in [5.74, 6) is -4.32. The highest BCUT2D eigenvalue weighted by atomic mass is 32.2. The highest BCUT2D eigenvalue weighted by Gasteiger charge is 2.64. The summed E-state index contributed by atoms with van der Waals surface area (Å²) in [6.07, 6.45) is -2.75. The van der Waals surface area contributed by atoms with Crippen LogP contribution in [0.3, 0.4) is 0 Å². The molecular weight excluding hydrogens is 798 g/mol. The Labute approximate surface area is 341 Å². The monoisotopic (exact) mass is 850 g/mol. The standard InChI is InChI=1S/C40H53F3N6O9S/c1-7-24-19-23(3)13-9-10-14-25-21-39(25,35(52)47-59(55,56)38(6)17-18-38)44-31(50)29-20-26(58-33-28-16-12-11-15-27(28)32(45-46-33)57-8-2)22-48(29)34(51)30(24)49(36(53)54)37(4,5)40(41,42)43/h10-12,14-16,23-26,29-30H,7-9,13,17-22H2,1-6H3,(H,44,50)(H,47,52)(H,53,54)/t23-,24+,25+,26+,29-,30-,39+/m0/s1. The summed E-state index contributed by atoms with van der Waals surface area (Å²) >= 11 is 0. The molecule has 1 aromatic carbocycles. The first-order valence-corrected chi connectivity index (χ1v) is 21.6. The number of halogens is 3. The number of nitrogens with one attached hydrogen (secondary N) is 2. The van der Waals surface area contributed by atoms with Gasteiger partial charge in [-0.1, -0.05) is 44.6 Å². The van der Waals surface area contributed by atoms with Crippen molar-refractivity contribution in [2.24, 2.45) is 17.8 Å². The molecule has 0 spiro atoms. The summed E-state index contributed by atoms with van der Waals surface area (Å²) in [4.78, 5) is 58.0. The van der Waals surface area contributed by atoms with Gasteiger partial charge in [-0.25, -0.2) is 13.2 Å². The minimum absolute atomic E-state index is 0.0221. The second-order valence-corrected chi connectivity index (χ2v) is 19.3. The van der Waals surface area contributed by atoms with Gasteiger partial charge in [0, 0.05) is 12.3 Å². The molecule has 7 atom stereocenters. The fourth-order valence-corrected chi connectivity index (χ4v) is 9.63. The summed E-state index contributed by atoms with van der Waals surface area (Å²) in [5, 5.41) is 22.7. The van der Waals surface area contributed by atoms with E-state index in [0.717, 1.165) is 4.90 Å². The number of sulfonamides is 1. The fourth-order valence-electron chi connectivity index (χ4n) is 8.31. The van der Waals surface area contributed by atoms with E-state index in [0.29, 0.717) is 56.9 Å². The maximum atomic E-state index is 15.1. The molecule has 0 bridgehead atoms. The predicted octanol–water partition coefficient (Wildman–Crippen LogP) is 5.34. The maximum Gasteiger partial charge on any atom is 0.411 e. The van der Waals surface area contributed by atoms with E-state index in [1.807, 2.05) is 13.0 Å². The van der Waals surface area contributed by atoms with Gasteiger partial charge in [-0.2, -0.15) is 13.2 Å². The Balaban J connectivity index is 1.44. The molecule has 3 N–H and O–H groups in total. The summed E-state index contributed by atoms with van der Waals surface area (Å²) in [6, 6.07) is 3.56. The van der Waals surface area contributed by atoms with Crippen molar-refractivity contribution in [3.63, 3.8) is 0 Å². The Morgan fingerprint density at radius 2 is 1.73 bits per heavy atom. The molecule has 0 radical (unpaired) electrons. The smallest absolute Gasteiger partial charge is 0.411 e. The van der Waals surface area contributed by atoms with E-state index < -0.39 is 85.9 Å². The van der Waals surface area contributed by atoms with E-state index in [4.69, 9.17) is 9.47 Å². The van der Waals surface area contributed by atoms with Crippen molar-refractivity contribution in [1.29, 1.82) is 0 Å². The van der Waals surface area contributed by atoms with E-state index in [2.05, 4.69) is 20.2 Å². The van der Waals surface area contributed by atoms with Crippen LogP contribution in [0, 0.1) is 17.8 Å². The number of nitrogens with zero attached hydrogens (tertiary/aromatic N) is 4. The fraction of sp³-hybridized carbons (Fsp3) is 0.650. The van der Waals surface area contributed by atoms with Gasteiger partial charge in [0.1, 0.15) is 29.3 Å². The van der Waals surface area contributed by atoms with Crippen LogP contribution in [-0.4, -0.2) is 111 Å². The van der Waals surface area contributed by atoms with Crippen LogP contribution in [0.1, 0.15) is 92.9 Å². The number of benzene rings is 1. The second kappa shape index (κ2) is 16.1. The molecule has 6 rings (SSSR count). The largest absolute Gasteiger partial charge is 0.476 e. The number of rotatable bonds is 10. The number of aromatic nitrogens is 2. The lowest BCUT2D eigenvalue weighted by molar-refractivity contribution is -0.222. The molecule has 0 unspecified atom stereocenters. The third-order valence-corrected chi connectivity index (χ3v) is 14.7. The number of amides is 4. The average Bonchev–Trinajstić information content (AvgIpc) is 4.04. The molecule has 15 nitrogen and oxygen atoms in total. The quantitative estimate of drug-likeness (QED) is 0.261. The molecule has 2 aliphatic carbocycles. The molecule has 4 aliphatic rings. The summed E-state index contributed by atoms with van der Waals surface area (Å²) in [7, 11) is -4.13. The van der Waals surface area contributed by atoms with Gasteiger partial charge in [0.2, 0.25) is 33.6 Å². The number of alkyl halides is 3. The van der Waals surface area contributed by atoms with E-state index in [1.54, 1.807) is 44.2 Å². The Morgan fingerprint density at radius 1 is 1.08 bits per heavy atom. The lowest BCUT2D eigenvalue weighted by Crippen LogP contribution is -2.66. The zero-order chi connectivity index (χ0) is 43.3. The molecule has 3 fully saturated rings. The van der Waals surface area contributed by atoms with Crippen LogP contribution in [0.25, 0.3) is 10.8 Å². The van der Waals surface area contributed by atoms with Crippen LogP contribution in [0.15, 0.2) is 36.4 Å².